The van der Waals surface area contributed by atoms with Crippen LogP contribution in [0.3, 0.4) is 0 Å². The number of hydrogen-bond donors (Lipinski definition) is 0. The van der Waals surface area contributed by atoms with E-state index in [0.29, 0.717) is 0 Å². The molecule has 0 amide bonds. The molecule has 1 aromatic rings. The van der Waals surface area contributed by atoms with E-state index in [4.69, 9.17) is 0 Å². The van der Waals surface area contributed by atoms with Gasteiger partial charge in [0, 0.05) is 5.92 Å². The molecule has 0 aromatic heterocycles. The molecular weight excluding hydrogens is 260 g/mol. The Kier molecular flexibility index (Phi) is 4.57. The second-order valence-corrected chi connectivity index (χ2v) is 7.34. The Morgan fingerprint density at radius 3 is 2.44 bits per heavy atom. The molecule has 3 heteroatoms. The zero-order chi connectivity index (χ0) is 13.0. The molecule has 2 rings (SSSR count). The van der Waals surface area contributed by atoms with Crippen LogP contribution in [0.25, 0.3) is 0 Å². The molecule has 1 aromatic carbocycles. The third-order valence-corrected chi connectivity index (χ3v) is 6.85. The van der Waals surface area contributed by atoms with Crippen LogP contribution in [0.5, 0.6) is 0 Å². The zero-order valence-corrected chi connectivity index (χ0v) is 12.2. The van der Waals surface area contributed by atoms with E-state index in [9.17, 15) is 4.79 Å². The van der Waals surface area contributed by atoms with Crippen LogP contribution in [-0.2, 0) is 4.79 Å². The van der Waals surface area contributed by atoms with Gasteiger partial charge in [0.05, 0.1) is 0 Å². The van der Waals surface area contributed by atoms with Gasteiger partial charge in [-0.1, -0.05) is 36.4 Å². The number of carbonyl (C=O) groups excluding carboxylic acids is 1. The molecule has 0 aliphatic carbocycles. The van der Waals surface area contributed by atoms with Crippen molar-refractivity contribution in [3.05, 3.63) is 48.6 Å². The number of allylic oxidation sites excluding steroid dienone is 1. The van der Waals surface area contributed by atoms with Crippen LogP contribution >= 0.6 is 23.5 Å². The first-order valence-electron chi connectivity index (χ1n) is 6.17. The number of carbonyl (C=O) groups is 1. The Morgan fingerprint density at radius 1 is 1.33 bits per heavy atom. The third-order valence-electron chi connectivity index (χ3n) is 3.22. The van der Waals surface area contributed by atoms with E-state index >= 15 is 0 Å². The lowest BCUT2D eigenvalue weighted by atomic mass is 9.93. The molecular formula is C15H18OS2. The van der Waals surface area contributed by atoms with Gasteiger partial charge < -0.3 is 0 Å². The number of rotatable bonds is 4. The van der Waals surface area contributed by atoms with Gasteiger partial charge in [-0.25, -0.2) is 0 Å². The van der Waals surface area contributed by atoms with Crippen molar-refractivity contribution in [2.75, 3.05) is 11.5 Å². The zero-order valence-electron chi connectivity index (χ0n) is 10.6. The number of benzene rings is 1. The normalized spacial score (nSPS) is 20.1. The maximum absolute atomic E-state index is 12.2. The SMILES string of the molecule is C=C[C@@H](c1ccccc1)C1(C(C)=O)SCCCS1. The molecule has 1 nitrogen and oxygen atoms in total. The first-order chi connectivity index (χ1) is 8.70. The molecule has 0 radical (unpaired) electrons. The van der Waals surface area contributed by atoms with Gasteiger partial charge in [-0.2, -0.15) is 0 Å². The highest BCUT2D eigenvalue weighted by Crippen LogP contribution is 2.52. The molecule has 1 atom stereocenters. The summed E-state index contributed by atoms with van der Waals surface area (Å²) >= 11 is 3.58. The van der Waals surface area contributed by atoms with Gasteiger partial charge in [-0.05, 0) is 30.4 Å². The Labute approximate surface area is 117 Å². The van der Waals surface area contributed by atoms with Crippen LogP contribution in [0.1, 0.15) is 24.8 Å². The van der Waals surface area contributed by atoms with Crippen molar-refractivity contribution in [2.24, 2.45) is 0 Å². The fraction of sp³-hybridized carbons (Fsp3) is 0.400. The minimum atomic E-state index is -0.374. The van der Waals surface area contributed by atoms with Crippen molar-refractivity contribution in [1.82, 2.24) is 0 Å². The highest BCUT2D eigenvalue weighted by Gasteiger charge is 2.45. The summed E-state index contributed by atoms with van der Waals surface area (Å²) in [6, 6.07) is 10.2. The van der Waals surface area contributed by atoms with Gasteiger partial charge in [-0.3, -0.25) is 4.79 Å². The predicted octanol–water partition coefficient (Wildman–Crippen LogP) is 4.11. The van der Waals surface area contributed by atoms with Crippen molar-refractivity contribution < 1.29 is 4.79 Å². The van der Waals surface area contributed by atoms with Crippen LogP contribution in [0, 0.1) is 0 Å². The van der Waals surface area contributed by atoms with Gasteiger partial charge >= 0.3 is 0 Å². The van der Waals surface area contributed by atoms with Crippen molar-refractivity contribution >= 4 is 29.3 Å². The number of ketones is 1. The molecule has 0 bridgehead atoms. The van der Waals surface area contributed by atoms with E-state index in [1.54, 1.807) is 30.4 Å². The fourth-order valence-electron chi connectivity index (χ4n) is 2.32. The molecule has 18 heavy (non-hydrogen) atoms. The summed E-state index contributed by atoms with van der Waals surface area (Å²) in [5.74, 6) is 2.46. The fourth-order valence-corrected chi connectivity index (χ4v) is 5.75. The van der Waals surface area contributed by atoms with Crippen molar-refractivity contribution in [2.45, 2.75) is 23.3 Å². The smallest absolute Gasteiger partial charge is 0.156 e. The summed E-state index contributed by atoms with van der Waals surface area (Å²) in [4.78, 5) is 12.2. The first-order valence-corrected chi connectivity index (χ1v) is 8.14. The molecule has 0 unspecified atom stereocenters. The number of hydrogen-bond acceptors (Lipinski definition) is 3. The quantitative estimate of drug-likeness (QED) is 0.772. The van der Waals surface area contributed by atoms with Gasteiger partial charge in [-0.15, -0.1) is 30.1 Å². The maximum atomic E-state index is 12.2. The largest absolute Gasteiger partial charge is 0.297 e. The molecule has 96 valence electrons. The van der Waals surface area contributed by atoms with Crippen molar-refractivity contribution in [1.29, 1.82) is 0 Å². The molecule has 1 aliphatic heterocycles. The summed E-state index contributed by atoms with van der Waals surface area (Å²) < 4.78 is -0.374. The van der Waals surface area contributed by atoms with E-state index < -0.39 is 0 Å². The summed E-state index contributed by atoms with van der Waals surface area (Å²) in [7, 11) is 0. The molecule has 1 saturated heterocycles. The van der Waals surface area contributed by atoms with Crippen molar-refractivity contribution in [3.8, 4) is 0 Å². The van der Waals surface area contributed by atoms with E-state index in [1.165, 1.54) is 12.0 Å². The van der Waals surface area contributed by atoms with Gasteiger partial charge in [0.2, 0.25) is 0 Å². The summed E-state index contributed by atoms with van der Waals surface area (Å²) in [6.45, 7) is 5.67. The minimum Gasteiger partial charge on any atom is -0.297 e. The van der Waals surface area contributed by atoms with Crippen LogP contribution in [0.15, 0.2) is 43.0 Å². The Bertz CT molecular complexity index is 421. The maximum Gasteiger partial charge on any atom is 0.156 e. The molecule has 1 fully saturated rings. The van der Waals surface area contributed by atoms with Crippen LogP contribution < -0.4 is 0 Å². The Hall–Kier alpha value is -0.670. The first kappa shape index (κ1) is 13.8. The van der Waals surface area contributed by atoms with Gasteiger partial charge in [0.15, 0.2) is 5.78 Å². The summed E-state index contributed by atoms with van der Waals surface area (Å²) in [5.41, 5.74) is 1.18. The second kappa shape index (κ2) is 5.98. The standard InChI is InChI=1S/C15H18OS2/c1-3-14(13-8-5-4-6-9-13)15(12(2)16)17-10-7-11-18-15/h3-6,8-9,14H,1,7,10-11H2,2H3/t14-/m0/s1. The average molecular weight is 278 g/mol. The van der Waals surface area contributed by atoms with Crippen LogP contribution in [0.2, 0.25) is 0 Å². The second-order valence-electron chi connectivity index (χ2n) is 4.40. The van der Waals surface area contributed by atoms with Crippen LogP contribution in [0.4, 0.5) is 0 Å². The molecule has 0 N–H and O–H groups in total. The Morgan fingerprint density at radius 2 is 1.94 bits per heavy atom. The topological polar surface area (TPSA) is 17.1 Å². The van der Waals surface area contributed by atoms with Crippen molar-refractivity contribution in [3.63, 3.8) is 0 Å². The molecule has 1 heterocycles. The average Bonchev–Trinajstić information content (AvgIpc) is 2.41. The number of Topliss-reactive ketones (excluding diaryl/α,β-unsaturated/α-hetero) is 1. The van der Waals surface area contributed by atoms with E-state index in [0.717, 1.165) is 11.5 Å². The van der Waals surface area contributed by atoms with Crippen LogP contribution in [-0.4, -0.2) is 21.4 Å². The predicted molar refractivity (Wildman–Crippen MR) is 82.3 cm³/mol. The lowest BCUT2D eigenvalue weighted by molar-refractivity contribution is -0.117. The lowest BCUT2D eigenvalue weighted by Crippen LogP contribution is -2.38. The summed E-state index contributed by atoms with van der Waals surface area (Å²) in [6.07, 6.45) is 3.12. The number of thioether (sulfide) groups is 2. The molecule has 1 aliphatic rings. The lowest BCUT2D eigenvalue weighted by Gasteiger charge is -2.39. The van der Waals surface area contributed by atoms with E-state index in [-0.39, 0.29) is 15.8 Å². The van der Waals surface area contributed by atoms with E-state index in [2.05, 4.69) is 18.7 Å². The third kappa shape index (κ3) is 2.52. The van der Waals surface area contributed by atoms with Gasteiger partial charge in [0.1, 0.15) is 4.08 Å². The minimum absolute atomic E-state index is 0.0894. The highest BCUT2D eigenvalue weighted by molar-refractivity contribution is 8.20. The molecule has 0 spiro atoms. The van der Waals surface area contributed by atoms with Gasteiger partial charge in [0.25, 0.3) is 0 Å². The van der Waals surface area contributed by atoms with E-state index in [1.807, 2.05) is 24.3 Å². The molecule has 0 saturated carbocycles. The highest BCUT2D eigenvalue weighted by atomic mass is 32.2. The Balaban J connectivity index is 2.39. The summed E-state index contributed by atoms with van der Waals surface area (Å²) in [5, 5.41) is 0. The monoisotopic (exact) mass is 278 g/mol.